The molecule has 0 aliphatic heterocycles. The lowest BCUT2D eigenvalue weighted by atomic mass is 10.2. The van der Waals surface area contributed by atoms with Crippen molar-refractivity contribution < 1.29 is 18.3 Å². The van der Waals surface area contributed by atoms with Gasteiger partial charge in [0.05, 0.1) is 12.8 Å². The summed E-state index contributed by atoms with van der Waals surface area (Å²) >= 11 is 0. The largest absolute Gasteiger partial charge is 0.455 e. The number of hydrogen-bond donors (Lipinski definition) is 1. The summed E-state index contributed by atoms with van der Waals surface area (Å²) in [5.74, 6) is 0.740. The zero-order valence-electron chi connectivity index (χ0n) is 10.8. The maximum absolute atomic E-state index is 12.8. The smallest absolute Gasteiger partial charge is 0.427 e. The van der Waals surface area contributed by atoms with Crippen molar-refractivity contribution in [1.82, 2.24) is 5.43 Å². The van der Waals surface area contributed by atoms with E-state index in [9.17, 15) is 9.18 Å². The zero-order valence-corrected chi connectivity index (χ0v) is 10.8. The van der Waals surface area contributed by atoms with Crippen molar-refractivity contribution in [2.24, 2.45) is 5.10 Å². The van der Waals surface area contributed by atoms with E-state index in [4.69, 9.17) is 4.42 Å². The van der Waals surface area contributed by atoms with Crippen LogP contribution in [0.25, 0.3) is 11.3 Å². The van der Waals surface area contributed by atoms with Crippen LogP contribution in [-0.4, -0.2) is 18.9 Å². The SMILES string of the molecule is CCOC(=O)N/N=C\c1ccc(-c2ccc(F)cc2)o1. The first-order valence-electron chi connectivity index (χ1n) is 6.00. The molecule has 1 aromatic carbocycles. The molecule has 104 valence electrons. The molecule has 0 spiro atoms. The summed E-state index contributed by atoms with van der Waals surface area (Å²) in [6.45, 7) is 1.97. The predicted octanol–water partition coefficient (Wildman–Crippen LogP) is 3.17. The summed E-state index contributed by atoms with van der Waals surface area (Å²) in [4.78, 5) is 11.0. The van der Waals surface area contributed by atoms with E-state index in [2.05, 4.69) is 15.3 Å². The standard InChI is InChI=1S/C14H13FN2O3/c1-2-19-14(18)17-16-9-12-7-8-13(20-12)10-3-5-11(15)6-4-10/h3-9H,2H2,1H3,(H,17,18)/b16-9-. The van der Waals surface area contributed by atoms with Gasteiger partial charge in [0.15, 0.2) is 0 Å². The van der Waals surface area contributed by atoms with E-state index >= 15 is 0 Å². The van der Waals surface area contributed by atoms with E-state index in [1.165, 1.54) is 18.3 Å². The van der Waals surface area contributed by atoms with Gasteiger partial charge in [-0.25, -0.2) is 14.6 Å². The molecule has 2 aromatic rings. The number of amides is 1. The van der Waals surface area contributed by atoms with E-state index in [-0.39, 0.29) is 12.4 Å². The number of furan rings is 1. The fourth-order valence-electron chi connectivity index (χ4n) is 1.50. The number of hydrogen-bond acceptors (Lipinski definition) is 4. The van der Waals surface area contributed by atoms with Crippen LogP contribution in [0.4, 0.5) is 9.18 Å². The van der Waals surface area contributed by atoms with Crippen molar-refractivity contribution in [1.29, 1.82) is 0 Å². The third-order valence-electron chi connectivity index (χ3n) is 2.38. The van der Waals surface area contributed by atoms with E-state index < -0.39 is 6.09 Å². The van der Waals surface area contributed by atoms with Crippen molar-refractivity contribution >= 4 is 12.3 Å². The molecule has 0 atom stereocenters. The molecule has 6 heteroatoms. The Balaban J connectivity index is 2.00. The van der Waals surface area contributed by atoms with Gasteiger partial charge in [0.1, 0.15) is 17.3 Å². The molecule has 0 saturated heterocycles. The molecule has 0 unspecified atom stereocenters. The Hall–Kier alpha value is -2.63. The minimum Gasteiger partial charge on any atom is -0.455 e. The fourth-order valence-corrected chi connectivity index (χ4v) is 1.50. The van der Waals surface area contributed by atoms with Gasteiger partial charge in [-0.3, -0.25) is 0 Å². The van der Waals surface area contributed by atoms with E-state index in [1.54, 1.807) is 31.2 Å². The van der Waals surface area contributed by atoms with Gasteiger partial charge in [-0.15, -0.1) is 0 Å². The second-order valence-corrected chi connectivity index (χ2v) is 3.80. The van der Waals surface area contributed by atoms with Crippen LogP contribution in [0.2, 0.25) is 0 Å². The average Bonchev–Trinajstić information content (AvgIpc) is 2.89. The molecule has 0 saturated carbocycles. The highest BCUT2D eigenvalue weighted by molar-refractivity contribution is 5.78. The molecule has 0 aliphatic rings. The summed E-state index contributed by atoms with van der Waals surface area (Å²) in [7, 11) is 0. The monoisotopic (exact) mass is 276 g/mol. The molecule has 0 fully saturated rings. The summed E-state index contributed by atoms with van der Waals surface area (Å²) in [5, 5.41) is 3.68. The first kappa shape index (κ1) is 13.8. The number of halogens is 1. The number of nitrogens with one attached hydrogen (secondary N) is 1. The molecule has 1 N–H and O–H groups in total. The lowest BCUT2D eigenvalue weighted by Crippen LogP contribution is -2.18. The third kappa shape index (κ3) is 3.68. The van der Waals surface area contributed by atoms with Crippen LogP contribution in [-0.2, 0) is 4.74 Å². The summed E-state index contributed by atoms with van der Waals surface area (Å²) in [5.41, 5.74) is 2.94. The maximum Gasteiger partial charge on any atom is 0.427 e. The summed E-state index contributed by atoms with van der Waals surface area (Å²) in [6.07, 6.45) is 0.721. The molecule has 0 radical (unpaired) electrons. The summed E-state index contributed by atoms with van der Waals surface area (Å²) in [6, 6.07) is 9.37. The molecule has 0 aliphatic carbocycles. The number of hydrazone groups is 1. The van der Waals surface area contributed by atoms with Crippen LogP contribution in [0.5, 0.6) is 0 Å². The second kappa shape index (κ2) is 6.51. The maximum atomic E-state index is 12.8. The third-order valence-corrected chi connectivity index (χ3v) is 2.38. The number of benzene rings is 1. The van der Waals surface area contributed by atoms with Crippen LogP contribution in [0.3, 0.4) is 0 Å². The van der Waals surface area contributed by atoms with Crippen LogP contribution in [0.15, 0.2) is 45.9 Å². The highest BCUT2D eigenvalue weighted by Gasteiger charge is 2.03. The van der Waals surface area contributed by atoms with Crippen molar-refractivity contribution in [2.75, 3.05) is 6.61 Å². The first-order valence-corrected chi connectivity index (χ1v) is 6.00. The topological polar surface area (TPSA) is 63.8 Å². The van der Waals surface area contributed by atoms with Gasteiger partial charge in [0.25, 0.3) is 0 Å². The van der Waals surface area contributed by atoms with Crippen LogP contribution >= 0.6 is 0 Å². The molecule has 1 aromatic heterocycles. The van der Waals surface area contributed by atoms with Gasteiger partial charge in [0.2, 0.25) is 0 Å². The Morgan fingerprint density at radius 3 is 2.80 bits per heavy atom. The molecular weight excluding hydrogens is 263 g/mol. The Kier molecular flexibility index (Phi) is 4.49. The fraction of sp³-hybridized carbons (Fsp3) is 0.143. The molecule has 1 heterocycles. The van der Waals surface area contributed by atoms with Gasteiger partial charge < -0.3 is 9.15 Å². The predicted molar refractivity (Wildman–Crippen MR) is 71.9 cm³/mol. The first-order chi connectivity index (χ1) is 9.69. The number of carbonyl (C=O) groups is 1. The quantitative estimate of drug-likeness (QED) is 0.689. The Morgan fingerprint density at radius 2 is 2.10 bits per heavy atom. The molecular formula is C14H13FN2O3. The van der Waals surface area contributed by atoms with Gasteiger partial charge in [-0.2, -0.15) is 5.10 Å². The second-order valence-electron chi connectivity index (χ2n) is 3.80. The van der Waals surface area contributed by atoms with Crippen molar-refractivity contribution in [3.8, 4) is 11.3 Å². The molecule has 5 nitrogen and oxygen atoms in total. The molecule has 1 amide bonds. The zero-order chi connectivity index (χ0) is 14.4. The van der Waals surface area contributed by atoms with Crippen molar-refractivity contribution in [3.63, 3.8) is 0 Å². The molecule has 0 bridgehead atoms. The van der Waals surface area contributed by atoms with Crippen molar-refractivity contribution in [2.45, 2.75) is 6.92 Å². The van der Waals surface area contributed by atoms with Crippen LogP contribution in [0.1, 0.15) is 12.7 Å². The van der Waals surface area contributed by atoms with E-state index in [1.807, 2.05) is 0 Å². The lowest BCUT2D eigenvalue weighted by molar-refractivity contribution is 0.152. The Morgan fingerprint density at radius 1 is 1.35 bits per heavy atom. The Labute approximate surface area is 115 Å². The highest BCUT2D eigenvalue weighted by Crippen LogP contribution is 2.21. The minimum absolute atomic E-state index is 0.275. The number of ether oxygens (including phenoxy) is 1. The average molecular weight is 276 g/mol. The Bertz CT molecular complexity index is 605. The van der Waals surface area contributed by atoms with Gasteiger partial charge >= 0.3 is 6.09 Å². The lowest BCUT2D eigenvalue weighted by Gasteiger charge is -1.98. The highest BCUT2D eigenvalue weighted by atomic mass is 19.1. The number of rotatable bonds is 4. The van der Waals surface area contributed by atoms with Gasteiger partial charge in [0, 0.05) is 5.56 Å². The van der Waals surface area contributed by atoms with Gasteiger partial charge in [-0.1, -0.05) is 0 Å². The normalized spacial score (nSPS) is 10.7. The van der Waals surface area contributed by atoms with Crippen LogP contribution < -0.4 is 5.43 Å². The van der Waals surface area contributed by atoms with Gasteiger partial charge in [-0.05, 0) is 43.3 Å². The van der Waals surface area contributed by atoms with Crippen molar-refractivity contribution in [3.05, 3.63) is 48.0 Å². The molecule has 2 rings (SSSR count). The summed E-state index contributed by atoms with van der Waals surface area (Å²) < 4.78 is 22.9. The van der Waals surface area contributed by atoms with E-state index in [0.29, 0.717) is 11.5 Å². The van der Waals surface area contributed by atoms with Crippen LogP contribution in [0, 0.1) is 5.82 Å². The number of nitrogens with zero attached hydrogens (tertiary/aromatic N) is 1. The minimum atomic E-state index is -0.630. The van der Waals surface area contributed by atoms with E-state index in [0.717, 1.165) is 5.56 Å². The number of carbonyl (C=O) groups excluding carboxylic acids is 1. The molecule has 20 heavy (non-hydrogen) atoms.